The number of aliphatic hydroxyl groups excluding tert-OH is 1. The molecular weight excluding hydrogens is 278 g/mol. The van der Waals surface area contributed by atoms with Crippen LogP contribution in [0.1, 0.15) is 25.8 Å². The fourth-order valence-corrected chi connectivity index (χ4v) is 1.97. The summed E-state index contributed by atoms with van der Waals surface area (Å²) in [6.07, 6.45) is -0.0880. The molecule has 0 aliphatic rings. The van der Waals surface area contributed by atoms with Gasteiger partial charge >= 0.3 is 0 Å². The van der Waals surface area contributed by atoms with Gasteiger partial charge in [-0.25, -0.2) is 0 Å². The Labute approximate surface area is 125 Å². The monoisotopic (exact) mass is 299 g/mol. The van der Waals surface area contributed by atoms with Gasteiger partial charge in [-0.2, -0.15) is 0 Å². The summed E-state index contributed by atoms with van der Waals surface area (Å²) in [6.45, 7) is 4.41. The Bertz CT molecular complexity index is 431. The molecule has 0 saturated carbocycles. The third-order valence-corrected chi connectivity index (χ3v) is 3.51. The molecule has 5 heteroatoms. The number of aliphatic hydroxyl groups is 1. The van der Waals surface area contributed by atoms with Gasteiger partial charge in [0.25, 0.3) is 0 Å². The summed E-state index contributed by atoms with van der Waals surface area (Å²) >= 11 is 5.85. The first kappa shape index (κ1) is 17.0. The SMILES string of the molecule is COCC(O)CCNC(=O)C(C)(C)c1ccc(Cl)cc1. The standard InChI is InChI=1S/C15H22ClNO3/c1-15(2,11-4-6-12(16)7-5-11)14(19)17-9-8-13(18)10-20-3/h4-7,13,18H,8-10H2,1-3H3,(H,17,19). The van der Waals surface area contributed by atoms with Crippen molar-refractivity contribution in [3.05, 3.63) is 34.9 Å². The molecule has 1 rings (SSSR count). The van der Waals surface area contributed by atoms with E-state index in [1.54, 1.807) is 12.1 Å². The maximum Gasteiger partial charge on any atom is 0.230 e. The molecule has 0 aliphatic heterocycles. The van der Waals surface area contributed by atoms with Gasteiger partial charge in [0.2, 0.25) is 5.91 Å². The van der Waals surface area contributed by atoms with E-state index < -0.39 is 11.5 Å². The molecular formula is C15H22ClNO3. The van der Waals surface area contributed by atoms with Crippen molar-refractivity contribution in [2.24, 2.45) is 0 Å². The van der Waals surface area contributed by atoms with Gasteiger partial charge in [-0.15, -0.1) is 0 Å². The molecule has 1 aromatic carbocycles. The predicted molar refractivity (Wildman–Crippen MR) is 80.0 cm³/mol. The van der Waals surface area contributed by atoms with Crippen molar-refractivity contribution in [3.63, 3.8) is 0 Å². The molecule has 0 aromatic heterocycles. The van der Waals surface area contributed by atoms with Gasteiger partial charge in [0.05, 0.1) is 18.1 Å². The molecule has 112 valence electrons. The van der Waals surface area contributed by atoms with Crippen molar-refractivity contribution in [1.29, 1.82) is 0 Å². The Kier molecular flexibility index (Phi) is 6.46. The van der Waals surface area contributed by atoms with Crippen LogP contribution >= 0.6 is 11.6 Å². The highest BCUT2D eigenvalue weighted by Crippen LogP contribution is 2.24. The van der Waals surface area contributed by atoms with Crippen LogP contribution in [0.4, 0.5) is 0 Å². The van der Waals surface area contributed by atoms with Gasteiger partial charge in [0.15, 0.2) is 0 Å². The number of halogens is 1. The molecule has 0 bridgehead atoms. The van der Waals surface area contributed by atoms with Gasteiger partial charge in [-0.3, -0.25) is 4.79 Å². The predicted octanol–water partition coefficient (Wildman–Crippen LogP) is 2.13. The van der Waals surface area contributed by atoms with Crippen molar-refractivity contribution in [3.8, 4) is 0 Å². The Hall–Kier alpha value is -1.10. The molecule has 0 fully saturated rings. The second-order valence-corrected chi connectivity index (χ2v) is 5.72. The highest BCUT2D eigenvalue weighted by atomic mass is 35.5. The van der Waals surface area contributed by atoms with E-state index in [1.807, 2.05) is 26.0 Å². The largest absolute Gasteiger partial charge is 0.391 e. The van der Waals surface area contributed by atoms with Crippen LogP contribution in [0.5, 0.6) is 0 Å². The summed E-state index contributed by atoms with van der Waals surface area (Å²) < 4.78 is 4.83. The summed E-state index contributed by atoms with van der Waals surface area (Å²) in [7, 11) is 1.53. The molecule has 1 unspecified atom stereocenters. The first-order valence-electron chi connectivity index (χ1n) is 6.59. The highest BCUT2D eigenvalue weighted by molar-refractivity contribution is 6.30. The minimum Gasteiger partial charge on any atom is -0.391 e. The first-order valence-corrected chi connectivity index (χ1v) is 6.97. The zero-order valence-corrected chi connectivity index (χ0v) is 12.9. The zero-order chi connectivity index (χ0) is 15.2. The van der Waals surface area contributed by atoms with Crippen LogP contribution in [0.15, 0.2) is 24.3 Å². The maximum atomic E-state index is 12.2. The summed E-state index contributed by atoms with van der Waals surface area (Å²) in [4.78, 5) is 12.2. The van der Waals surface area contributed by atoms with Gasteiger partial charge < -0.3 is 15.2 Å². The minimum absolute atomic E-state index is 0.0792. The Morgan fingerprint density at radius 3 is 2.55 bits per heavy atom. The highest BCUT2D eigenvalue weighted by Gasteiger charge is 2.29. The molecule has 0 radical (unpaired) electrons. The lowest BCUT2D eigenvalue weighted by atomic mass is 9.84. The Morgan fingerprint density at radius 1 is 1.40 bits per heavy atom. The van der Waals surface area contributed by atoms with Gasteiger partial charge in [-0.05, 0) is 38.0 Å². The Morgan fingerprint density at radius 2 is 2.00 bits per heavy atom. The lowest BCUT2D eigenvalue weighted by Gasteiger charge is -2.24. The number of carbonyl (C=O) groups is 1. The molecule has 0 spiro atoms. The fourth-order valence-electron chi connectivity index (χ4n) is 1.85. The topological polar surface area (TPSA) is 58.6 Å². The minimum atomic E-state index is -0.642. The van der Waals surface area contributed by atoms with E-state index in [2.05, 4.69) is 5.32 Å². The zero-order valence-electron chi connectivity index (χ0n) is 12.1. The molecule has 20 heavy (non-hydrogen) atoms. The van der Waals surface area contributed by atoms with E-state index in [0.29, 0.717) is 18.0 Å². The van der Waals surface area contributed by atoms with Crippen molar-refractivity contribution in [2.75, 3.05) is 20.3 Å². The molecule has 4 nitrogen and oxygen atoms in total. The second kappa shape index (κ2) is 7.62. The van der Waals surface area contributed by atoms with E-state index in [-0.39, 0.29) is 12.5 Å². The number of methoxy groups -OCH3 is 1. The van der Waals surface area contributed by atoms with Crippen molar-refractivity contribution >= 4 is 17.5 Å². The number of hydrogen-bond donors (Lipinski definition) is 2. The summed E-state index contributed by atoms with van der Waals surface area (Å²) in [5.74, 6) is -0.0792. The molecule has 0 aliphatic carbocycles. The molecule has 2 N–H and O–H groups in total. The maximum absolute atomic E-state index is 12.2. The van der Waals surface area contributed by atoms with E-state index in [4.69, 9.17) is 16.3 Å². The number of benzene rings is 1. The quantitative estimate of drug-likeness (QED) is 0.811. The van der Waals surface area contributed by atoms with E-state index in [0.717, 1.165) is 5.56 Å². The molecule has 1 aromatic rings. The van der Waals surface area contributed by atoms with Crippen LogP contribution in [0.3, 0.4) is 0 Å². The summed E-state index contributed by atoms with van der Waals surface area (Å²) in [5.41, 5.74) is 0.258. The van der Waals surface area contributed by atoms with Crippen LogP contribution in [0.25, 0.3) is 0 Å². The second-order valence-electron chi connectivity index (χ2n) is 5.29. The van der Waals surface area contributed by atoms with Gasteiger partial charge in [0, 0.05) is 18.7 Å². The molecule has 1 amide bonds. The number of nitrogens with one attached hydrogen (secondary N) is 1. The van der Waals surface area contributed by atoms with Crippen molar-refractivity contribution in [2.45, 2.75) is 31.8 Å². The Balaban J connectivity index is 2.55. The third kappa shape index (κ3) is 4.78. The first-order chi connectivity index (χ1) is 9.37. The number of amides is 1. The van der Waals surface area contributed by atoms with Gasteiger partial charge in [0.1, 0.15) is 0 Å². The third-order valence-electron chi connectivity index (χ3n) is 3.26. The van der Waals surface area contributed by atoms with Crippen molar-refractivity contribution < 1.29 is 14.6 Å². The molecule has 1 atom stereocenters. The number of carbonyl (C=O) groups excluding carboxylic acids is 1. The van der Waals surface area contributed by atoms with Crippen LogP contribution in [0.2, 0.25) is 5.02 Å². The molecule has 0 heterocycles. The smallest absolute Gasteiger partial charge is 0.230 e. The summed E-state index contributed by atoms with van der Waals surface area (Å²) in [6, 6.07) is 7.24. The average Bonchev–Trinajstić information content (AvgIpc) is 2.39. The van der Waals surface area contributed by atoms with E-state index in [9.17, 15) is 9.90 Å². The number of ether oxygens (including phenoxy) is 1. The fraction of sp³-hybridized carbons (Fsp3) is 0.533. The average molecular weight is 300 g/mol. The van der Waals surface area contributed by atoms with E-state index >= 15 is 0 Å². The van der Waals surface area contributed by atoms with Crippen LogP contribution in [-0.2, 0) is 14.9 Å². The summed E-state index contributed by atoms with van der Waals surface area (Å²) in [5, 5.41) is 13.0. The van der Waals surface area contributed by atoms with Crippen LogP contribution in [-0.4, -0.2) is 37.4 Å². The number of hydrogen-bond acceptors (Lipinski definition) is 3. The number of rotatable bonds is 7. The normalized spacial score (nSPS) is 13.1. The van der Waals surface area contributed by atoms with Crippen LogP contribution < -0.4 is 5.32 Å². The lowest BCUT2D eigenvalue weighted by molar-refractivity contribution is -0.125. The van der Waals surface area contributed by atoms with E-state index in [1.165, 1.54) is 7.11 Å². The lowest BCUT2D eigenvalue weighted by Crippen LogP contribution is -2.41. The van der Waals surface area contributed by atoms with Gasteiger partial charge in [-0.1, -0.05) is 23.7 Å². The van der Waals surface area contributed by atoms with Crippen molar-refractivity contribution in [1.82, 2.24) is 5.32 Å². The van der Waals surface area contributed by atoms with Crippen LogP contribution in [0, 0.1) is 0 Å². The molecule has 0 saturated heterocycles.